The summed E-state index contributed by atoms with van der Waals surface area (Å²) in [4.78, 5) is 2.44. The fraction of sp³-hybridized carbons (Fsp3) is 0.600. The second-order valence-corrected chi connectivity index (χ2v) is 6.17. The van der Waals surface area contributed by atoms with Gasteiger partial charge in [0.2, 0.25) is 0 Å². The third kappa shape index (κ3) is 5.28. The average Bonchev–Trinajstić information content (AvgIpc) is 2.21. The van der Waals surface area contributed by atoms with Gasteiger partial charge in [-0.05, 0) is 29.5 Å². The number of hydrogen-bond donors (Lipinski definition) is 1. The number of halogens is 1. The Labute approximate surface area is 116 Å². The molecule has 102 valence electrons. The minimum Gasteiger partial charge on any atom is -0.506 e. The van der Waals surface area contributed by atoms with E-state index in [0.29, 0.717) is 16.9 Å². The first-order valence-corrected chi connectivity index (χ1v) is 6.96. The average molecular weight is 270 g/mol. The summed E-state index contributed by atoms with van der Waals surface area (Å²) < 4.78 is 0. The number of nitrogens with zero attached hydrogens (tertiary/aromatic N) is 1. The quantitative estimate of drug-likeness (QED) is 0.838. The second-order valence-electron chi connectivity index (χ2n) is 5.77. The molecule has 1 aromatic rings. The van der Waals surface area contributed by atoms with E-state index in [0.717, 1.165) is 25.2 Å². The molecule has 1 N–H and O–H groups in total. The Morgan fingerprint density at radius 2 is 1.67 bits per heavy atom. The van der Waals surface area contributed by atoms with Crippen LogP contribution in [0.1, 0.15) is 33.3 Å². The Morgan fingerprint density at radius 3 is 2.11 bits per heavy atom. The van der Waals surface area contributed by atoms with Crippen LogP contribution in [0.5, 0.6) is 5.75 Å². The van der Waals surface area contributed by atoms with E-state index in [-0.39, 0.29) is 5.75 Å². The van der Waals surface area contributed by atoms with Gasteiger partial charge in [-0.25, -0.2) is 0 Å². The summed E-state index contributed by atoms with van der Waals surface area (Å²) in [5.74, 6) is 1.45. The zero-order valence-corrected chi connectivity index (χ0v) is 12.5. The first-order chi connectivity index (χ1) is 8.38. The number of phenolic OH excluding ortho intramolecular Hbond substituents is 1. The lowest BCUT2D eigenvalue weighted by Gasteiger charge is -2.26. The van der Waals surface area contributed by atoms with Crippen molar-refractivity contribution < 1.29 is 5.11 Å². The summed E-state index contributed by atoms with van der Waals surface area (Å²) in [6.07, 6.45) is 0. The molecule has 0 aliphatic heterocycles. The zero-order valence-electron chi connectivity index (χ0n) is 11.8. The van der Waals surface area contributed by atoms with Crippen molar-refractivity contribution in [1.82, 2.24) is 4.90 Å². The van der Waals surface area contributed by atoms with Crippen LogP contribution in [-0.2, 0) is 6.54 Å². The highest BCUT2D eigenvalue weighted by Crippen LogP contribution is 2.24. The summed E-state index contributed by atoms with van der Waals surface area (Å²) >= 11 is 5.94. The molecule has 0 atom stereocenters. The fourth-order valence-electron chi connectivity index (χ4n) is 2.14. The van der Waals surface area contributed by atoms with Crippen LogP contribution in [0.25, 0.3) is 0 Å². The molecule has 1 rings (SSSR count). The highest BCUT2D eigenvalue weighted by molar-refractivity contribution is 6.32. The van der Waals surface area contributed by atoms with Crippen LogP contribution in [0, 0.1) is 11.8 Å². The Kier molecular flexibility index (Phi) is 5.97. The minimum absolute atomic E-state index is 0.152. The maximum absolute atomic E-state index is 9.42. The fourth-order valence-corrected chi connectivity index (χ4v) is 2.35. The van der Waals surface area contributed by atoms with Crippen molar-refractivity contribution >= 4 is 11.6 Å². The van der Waals surface area contributed by atoms with Crippen LogP contribution in [0.4, 0.5) is 0 Å². The van der Waals surface area contributed by atoms with Gasteiger partial charge in [0.25, 0.3) is 0 Å². The Balaban J connectivity index is 2.71. The largest absolute Gasteiger partial charge is 0.506 e. The van der Waals surface area contributed by atoms with Crippen LogP contribution in [0.2, 0.25) is 5.02 Å². The molecular weight excluding hydrogens is 246 g/mol. The molecule has 0 spiro atoms. The third-order valence-electron chi connectivity index (χ3n) is 2.66. The van der Waals surface area contributed by atoms with Gasteiger partial charge in [-0.3, -0.25) is 4.90 Å². The van der Waals surface area contributed by atoms with Gasteiger partial charge in [0.1, 0.15) is 5.75 Å². The highest BCUT2D eigenvalue weighted by atomic mass is 35.5. The van der Waals surface area contributed by atoms with E-state index >= 15 is 0 Å². The van der Waals surface area contributed by atoms with E-state index in [4.69, 9.17) is 11.6 Å². The molecule has 1 aromatic carbocycles. The van der Waals surface area contributed by atoms with Crippen molar-refractivity contribution in [1.29, 1.82) is 0 Å². The number of phenols is 1. The van der Waals surface area contributed by atoms with Gasteiger partial charge in [0, 0.05) is 19.6 Å². The van der Waals surface area contributed by atoms with Gasteiger partial charge in [0.05, 0.1) is 5.02 Å². The maximum atomic E-state index is 9.42. The SMILES string of the molecule is CC(C)CN(Cc1ccc(O)c(Cl)c1)CC(C)C. The number of benzene rings is 1. The molecule has 0 bridgehead atoms. The molecule has 2 nitrogen and oxygen atoms in total. The molecule has 0 aromatic heterocycles. The standard InChI is InChI=1S/C15H24ClNO/c1-11(2)8-17(9-12(3)4)10-13-5-6-15(18)14(16)7-13/h5-7,11-12,18H,8-10H2,1-4H3. The molecule has 0 fully saturated rings. The van der Waals surface area contributed by atoms with Crippen molar-refractivity contribution in [2.24, 2.45) is 11.8 Å². The van der Waals surface area contributed by atoms with Crippen LogP contribution < -0.4 is 0 Å². The summed E-state index contributed by atoms with van der Waals surface area (Å²) in [6, 6.07) is 5.46. The van der Waals surface area contributed by atoms with E-state index in [1.807, 2.05) is 12.1 Å². The normalized spacial score (nSPS) is 11.8. The molecule has 0 radical (unpaired) electrons. The lowest BCUT2D eigenvalue weighted by atomic mass is 10.1. The van der Waals surface area contributed by atoms with Gasteiger partial charge in [0.15, 0.2) is 0 Å². The lowest BCUT2D eigenvalue weighted by Crippen LogP contribution is -2.30. The van der Waals surface area contributed by atoms with E-state index in [1.54, 1.807) is 6.07 Å². The molecule has 0 amide bonds. The molecule has 0 heterocycles. The van der Waals surface area contributed by atoms with Crippen LogP contribution in [0.3, 0.4) is 0 Å². The number of rotatable bonds is 6. The molecular formula is C15H24ClNO. The van der Waals surface area contributed by atoms with Gasteiger partial charge >= 0.3 is 0 Å². The zero-order chi connectivity index (χ0) is 13.7. The first-order valence-electron chi connectivity index (χ1n) is 6.58. The lowest BCUT2D eigenvalue weighted by molar-refractivity contribution is 0.211. The van der Waals surface area contributed by atoms with Crippen molar-refractivity contribution in [3.8, 4) is 5.75 Å². The summed E-state index contributed by atoms with van der Waals surface area (Å²) in [5.41, 5.74) is 1.15. The summed E-state index contributed by atoms with van der Waals surface area (Å²) in [7, 11) is 0. The van der Waals surface area contributed by atoms with Crippen molar-refractivity contribution in [3.05, 3.63) is 28.8 Å². The first kappa shape index (κ1) is 15.3. The highest BCUT2D eigenvalue weighted by Gasteiger charge is 2.11. The van der Waals surface area contributed by atoms with Gasteiger partial charge in [-0.15, -0.1) is 0 Å². The molecule has 0 aliphatic rings. The van der Waals surface area contributed by atoms with Gasteiger partial charge < -0.3 is 5.11 Å². The van der Waals surface area contributed by atoms with E-state index < -0.39 is 0 Å². The Hall–Kier alpha value is -0.730. The smallest absolute Gasteiger partial charge is 0.134 e. The molecule has 0 unspecified atom stereocenters. The third-order valence-corrected chi connectivity index (χ3v) is 2.97. The van der Waals surface area contributed by atoms with Crippen molar-refractivity contribution in [2.45, 2.75) is 34.2 Å². The Morgan fingerprint density at radius 1 is 1.11 bits per heavy atom. The van der Waals surface area contributed by atoms with Crippen LogP contribution >= 0.6 is 11.6 Å². The van der Waals surface area contributed by atoms with Crippen LogP contribution in [-0.4, -0.2) is 23.1 Å². The minimum atomic E-state index is 0.152. The molecule has 18 heavy (non-hydrogen) atoms. The van der Waals surface area contributed by atoms with Crippen molar-refractivity contribution in [2.75, 3.05) is 13.1 Å². The number of aromatic hydroxyl groups is 1. The summed E-state index contributed by atoms with van der Waals surface area (Å²) in [5, 5.41) is 9.86. The van der Waals surface area contributed by atoms with Crippen molar-refractivity contribution in [3.63, 3.8) is 0 Å². The van der Waals surface area contributed by atoms with Crippen LogP contribution in [0.15, 0.2) is 18.2 Å². The molecule has 3 heteroatoms. The van der Waals surface area contributed by atoms with E-state index in [2.05, 4.69) is 32.6 Å². The predicted octanol–water partition coefficient (Wildman–Crippen LogP) is 4.16. The van der Waals surface area contributed by atoms with Gasteiger partial charge in [-0.2, -0.15) is 0 Å². The van der Waals surface area contributed by atoms with E-state index in [1.165, 1.54) is 0 Å². The number of hydrogen-bond acceptors (Lipinski definition) is 2. The second kappa shape index (κ2) is 7.01. The van der Waals surface area contributed by atoms with Gasteiger partial charge in [-0.1, -0.05) is 45.4 Å². The summed E-state index contributed by atoms with van der Waals surface area (Å²) in [6.45, 7) is 12.0. The molecule has 0 saturated heterocycles. The maximum Gasteiger partial charge on any atom is 0.134 e. The molecule has 0 saturated carbocycles. The monoisotopic (exact) mass is 269 g/mol. The van der Waals surface area contributed by atoms with E-state index in [9.17, 15) is 5.11 Å². The molecule has 0 aliphatic carbocycles. The Bertz CT molecular complexity index is 367. The predicted molar refractivity (Wildman–Crippen MR) is 78.1 cm³/mol. The topological polar surface area (TPSA) is 23.5 Å².